The average Bonchev–Trinajstić information content (AvgIpc) is 2.69. The van der Waals surface area contributed by atoms with Crippen molar-refractivity contribution in [2.75, 3.05) is 17.2 Å². The first-order valence-electron chi connectivity index (χ1n) is 9.90. The molecule has 0 aromatic carbocycles. The number of anilines is 3. The lowest BCUT2D eigenvalue weighted by Gasteiger charge is -2.30. The van der Waals surface area contributed by atoms with Crippen molar-refractivity contribution in [1.82, 2.24) is 14.9 Å². The predicted octanol–water partition coefficient (Wildman–Crippen LogP) is 4.40. The molecule has 2 aliphatic rings. The van der Waals surface area contributed by atoms with Gasteiger partial charge < -0.3 is 20.6 Å². The minimum absolute atomic E-state index is 0.166. The zero-order chi connectivity index (χ0) is 19.5. The maximum atomic E-state index is 9.80. The number of nitrogens with one attached hydrogen (secondary N) is 2. The van der Waals surface area contributed by atoms with Gasteiger partial charge in [0.2, 0.25) is 0 Å². The average molecular weight is 400 g/mol. The van der Waals surface area contributed by atoms with Gasteiger partial charge in [0, 0.05) is 35.9 Å². The summed E-state index contributed by atoms with van der Waals surface area (Å²) >= 11 is 6.08. The number of hydrogen-bond donors (Lipinski definition) is 3. The highest BCUT2D eigenvalue weighted by Gasteiger charge is 2.23. The number of pyridine rings is 2. The van der Waals surface area contributed by atoms with Gasteiger partial charge in [0.05, 0.1) is 6.10 Å². The van der Waals surface area contributed by atoms with Crippen molar-refractivity contribution < 1.29 is 5.11 Å². The summed E-state index contributed by atoms with van der Waals surface area (Å²) in [6.45, 7) is 3.94. The standard InChI is InChI=1S/C21H26ClN5O/c1-2-27-10-8-14-11-20(25-19-12-15(22)7-9-23-19)26-21(18(14)13-27)24-16-3-5-17(28)6-4-16/h7-12,16-17,28H,2-6,13H2,1H3,(H2,23,24,25,26). The van der Waals surface area contributed by atoms with Crippen LogP contribution in [0.1, 0.15) is 43.7 Å². The lowest BCUT2D eigenvalue weighted by molar-refractivity contribution is 0.126. The van der Waals surface area contributed by atoms with Crippen molar-refractivity contribution in [1.29, 1.82) is 0 Å². The van der Waals surface area contributed by atoms with Gasteiger partial charge in [-0.05, 0) is 68.6 Å². The fourth-order valence-corrected chi connectivity index (χ4v) is 3.93. The lowest BCUT2D eigenvalue weighted by atomic mass is 9.93. The lowest BCUT2D eigenvalue weighted by Crippen LogP contribution is -2.30. The van der Waals surface area contributed by atoms with Gasteiger partial charge in [0.25, 0.3) is 0 Å². The van der Waals surface area contributed by atoms with Crippen LogP contribution in [-0.4, -0.2) is 38.7 Å². The van der Waals surface area contributed by atoms with Gasteiger partial charge in [-0.3, -0.25) is 0 Å². The molecule has 28 heavy (non-hydrogen) atoms. The molecule has 1 fully saturated rings. The van der Waals surface area contributed by atoms with Crippen LogP contribution in [-0.2, 0) is 6.54 Å². The molecule has 0 amide bonds. The Hall–Kier alpha value is -2.31. The van der Waals surface area contributed by atoms with Crippen molar-refractivity contribution in [2.45, 2.75) is 51.3 Å². The van der Waals surface area contributed by atoms with Crippen molar-refractivity contribution in [3.63, 3.8) is 0 Å². The molecule has 1 saturated carbocycles. The summed E-state index contributed by atoms with van der Waals surface area (Å²) in [6, 6.07) is 5.92. The van der Waals surface area contributed by atoms with Crippen LogP contribution in [0.25, 0.3) is 6.08 Å². The topological polar surface area (TPSA) is 73.3 Å². The van der Waals surface area contributed by atoms with Gasteiger partial charge >= 0.3 is 0 Å². The highest BCUT2D eigenvalue weighted by Crippen LogP contribution is 2.31. The maximum absolute atomic E-state index is 9.80. The molecule has 3 N–H and O–H groups in total. The Kier molecular flexibility index (Phi) is 5.69. The van der Waals surface area contributed by atoms with Gasteiger partial charge in [-0.25, -0.2) is 9.97 Å². The quantitative estimate of drug-likeness (QED) is 0.692. The van der Waals surface area contributed by atoms with E-state index in [2.05, 4.69) is 45.8 Å². The molecule has 7 heteroatoms. The maximum Gasteiger partial charge on any atom is 0.134 e. The molecule has 0 saturated heterocycles. The second-order valence-electron chi connectivity index (χ2n) is 7.44. The second kappa shape index (κ2) is 8.37. The van der Waals surface area contributed by atoms with Crippen LogP contribution in [0.5, 0.6) is 0 Å². The molecule has 0 bridgehead atoms. The van der Waals surface area contributed by atoms with E-state index < -0.39 is 0 Å². The van der Waals surface area contributed by atoms with Gasteiger partial charge in [-0.1, -0.05) is 11.6 Å². The summed E-state index contributed by atoms with van der Waals surface area (Å²) in [5.41, 5.74) is 2.36. The van der Waals surface area contributed by atoms with Gasteiger partial charge in [0.1, 0.15) is 17.5 Å². The first-order valence-corrected chi connectivity index (χ1v) is 10.3. The molecule has 1 aliphatic heterocycles. The van der Waals surface area contributed by atoms with Crippen molar-refractivity contribution in [2.24, 2.45) is 0 Å². The molecule has 0 atom stereocenters. The van der Waals surface area contributed by atoms with Crippen LogP contribution < -0.4 is 10.6 Å². The molecule has 0 spiro atoms. The van der Waals surface area contributed by atoms with Crippen LogP contribution in [0, 0.1) is 0 Å². The Labute approximate surface area is 170 Å². The fourth-order valence-electron chi connectivity index (χ4n) is 3.77. The van der Waals surface area contributed by atoms with Crippen molar-refractivity contribution >= 4 is 35.1 Å². The third-order valence-corrected chi connectivity index (χ3v) is 5.64. The molecule has 3 heterocycles. The van der Waals surface area contributed by atoms with E-state index in [-0.39, 0.29) is 6.10 Å². The Morgan fingerprint density at radius 2 is 2.04 bits per heavy atom. The Morgan fingerprint density at radius 1 is 1.21 bits per heavy atom. The molecule has 6 nitrogen and oxygen atoms in total. The summed E-state index contributed by atoms with van der Waals surface area (Å²) in [7, 11) is 0. The Morgan fingerprint density at radius 3 is 2.79 bits per heavy atom. The molecule has 1 aliphatic carbocycles. The number of aliphatic hydroxyl groups is 1. The number of halogens is 1. The summed E-state index contributed by atoms with van der Waals surface area (Å²) in [5.74, 6) is 2.31. The third-order valence-electron chi connectivity index (χ3n) is 5.41. The van der Waals surface area contributed by atoms with E-state index in [9.17, 15) is 5.11 Å². The number of hydrogen-bond acceptors (Lipinski definition) is 6. The smallest absolute Gasteiger partial charge is 0.134 e. The van der Waals surface area contributed by atoms with E-state index in [0.29, 0.717) is 16.9 Å². The van der Waals surface area contributed by atoms with Crippen molar-refractivity contribution in [3.8, 4) is 0 Å². The molecule has 2 aromatic heterocycles. The number of fused-ring (bicyclic) bond motifs is 1. The van der Waals surface area contributed by atoms with Gasteiger partial charge in [-0.2, -0.15) is 0 Å². The number of rotatable bonds is 5. The minimum Gasteiger partial charge on any atom is -0.393 e. The third kappa shape index (κ3) is 4.39. The van der Waals surface area contributed by atoms with E-state index in [1.165, 1.54) is 5.56 Å². The fraction of sp³-hybridized carbons (Fsp3) is 0.429. The minimum atomic E-state index is -0.166. The number of aliphatic hydroxyl groups excluding tert-OH is 1. The molecule has 2 aromatic rings. The first-order chi connectivity index (χ1) is 13.6. The van der Waals surface area contributed by atoms with Gasteiger partial charge in [0.15, 0.2) is 0 Å². The summed E-state index contributed by atoms with van der Waals surface area (Å²) in [4.78, 5) is 11.4. The monoisotopic (exact) mass is 399 g/mol. The predicted molar refractivity (Wildman–Crippen MR) is 114 cm³/mol. The molecule has 4 rings (SSSR count). The van der Waals surface area contributed by atoms with E-state index in [1.54, 1.807) is 18.3 Å². The normalized spacial score (nSPS) is 21.3. The van der Waals surface area contributed by atoms with Crippen LogP contribution in [0.15, 0.2) is 30.6 Å². The van der Waals surface area contributed by atoms with E-state index >= 15 is 0 Å². The summed E-state index contributed by atoms with van der Waals surface area (Å²) in [6.07, 6.45) is 9.36. The molecular formula is C21H26ClN5O. The Balaban J connectivity index is 1.63. The SMILES string of the molecule is CCN1C=Cc2cc(Nc3cc(Cl)ccn3)nc(NC3CCC(O)CC3)c2C1. The van der Waals surface area contributed by atoms with Crippen LogP contribution in [0.3, 0.4) is 0 Å². The Bertz CT molecular complexity index is 864. The molecule has 148 valence electrons. The first kappa shape index (κ1) is 19.0. The van der Waals surface area contributed by atoms with E-state index in [4.69, 9.17) is 16.6 Å². The van der Waals surface area contributed by atoms with Crippen molar-refractivity contribution in [3.05, 3.63) is 46.7 Å². The summed E-state index contributed by atoms with van der Waals surface area (Å²) in [5, 5.41) is 17.3. The molecular weight excluding hydrogens is 374 g/mol. The second-order valence-corrected chi connectivity index (χ2v) is 7.87. The van der Waals surface area contributed by atoms with Crippen LogP contribution in [0.2, 0.25) is 5.02 Å². The number of aromatic nitrogens is 2. The molecule has 0 radical (unpaired) electrons. The zero-order valence-corrected chi connectivity index (χ0v) is 16.8. The van der Waals surface area contributed by atoms with Gasteiger partial charge in [-0.15, -0.1) is 0 Å². The largest absolute Gasteiger partial charge is 0.393 e. The van der Waals surface area contributed by atoms with E-state index in [1.807, 2.05) is 0 Å². The molecule has 0 unspecified atom stereocenters. The van der Waals surface area contributed by atoms with Crippen LogP contribution in [0.4, 0.5) is 17.5 Å². The summed E-state index contributed by atoms with van der Waals surface area (Å²) < 4.78 is 0. The van der Waals surface area contributed by atoms with E-state index in [0.717, 1.165) is 56.0 Å². The van der Waals surface area contributed by atoms with Crippen LogP contribution >= 0.6 is 11.6 Å². The number of nitrogens with zero attached hydrogens (tertiary/aromatic N) is 3. The zero-order valence-electron chi connectivity index (χ0n) is 16.0. The highest BCUT2D eigenvalue weighted by molar-refractivity contribution is 6.30. The highest BCUT2D eigenvalue weighted by atomic mass is 35.5.